The molecule has 1 heterocycles. The number of thiazole rings is 1. The van der Waals surface area contributed by atoms with E-state index in [1.54, 1.807) is 13.0 Å². The third kappa shape index (κ3) is 4.53. The van der Waals surface area contributed by atoms with Crippen molar-refractivity contribution in [1.82, 2.24) is 10.3 Å². The maximum absolute atomic E-state index is 11.5. The molecule has 0 fully saturated rings. The predicted octanol–water partition coefficient (Wildman–Crippen LogP) is 2.96. The molecular formula is C16H17N3O2S. The minimum absolute atomic E-state index is 0.0508. The number of allylic oxidation sites excluding steroid dienone is 1. The number of aromatic nitrogens is 1. The summed E-state index contributed by atoms with van der Waals surface area (Å²) in [5.41, 5.74) is 2.80. The Balaban J connectivity index is 2.04. The van der Waals surface area contributed by atoms with E-state index >= 15 is 0 Å². The summed E-state index contributed by atoms with van der Waals surface area (Å²) in [7, 11) is 0. The number of amides is 2. The van der Waals surface area contributed by atoms with Crippen LogP contribution in [0.1, 0.15) is 19.4 Å². The average Bonchev–Trinajstić information content (AvgIpc) is 2.94. The van der Waals surface area contributed by atoms with Gasteiger partial charge in [-0.25, -0.2) is 4.98 Å². The number of hydrogen-bond donors (Lipinski definition) is 2. The summed E-state index contributed by atoms with van der Waals surface area (Å²) in [6.45, 7) is 3.79. The highest BCUT2D eigenvalue weighted by atomic mass is 32.1. The van der Waals surface area contributed by atoms with E-state index in [2.05, 4.69) is 15.6 Å². The third-order valence-corrected chi connectivity index (χ3v) is 3.60. The van der Waals surface area contributed by atoms with Crippen LogP contribution in [-0.4, -0.2) is 16.8 Å². The fourth-order valence-corrected chi connectivity index (χ4v) is 2.50. The minimum atomic E-state index is -0.186. The Morgan fingerprint density at radius 2 is 2.00 bits per heavy atom. The Kier molecular flexibility index (Phi) is 5.43. The fraction of sp³-hybridized carbons (Fsp3) is 0.188. The van der Waals surface area contributed by atoms with Crippen molar-refractivity contribution < 1.29 is 9.59 Å². The van der Waals surface area contributed by atoms with E-state index < -0.39 is 0 Å². The Morgan fingerprint density at radius 1 is 1.27 bits per heavy atom. The van der Waals surface area contributed by atoms with E-state index in [4.69, 9.17) is 0 Å². The van der Waals surface area contributed by atoms with Crippen molar-refractivity contribution in [2.75, 3.05) is 5.32 Å². The highest BCUT2D eigenvalue weighted by Crippen LogP contribution is 2.25. The van der Waals surface area contributed by atoms with Gasteiger partial charge in [-0.15, -0.1) is 11.3 Å². The molecule has 0 unspecified atom stereocenters. The standard InChI is InChI=1S/C16H17N3O2S/c1-3-4-15(21)19-16-18-14(10-22-16)13-7-5-12(6-8-13)9-17-11(2)20/h3-8,10H,9H2,1-2H3,(H,17,20)(H,18,19,21)/b4-3+. The lowest BCUT2D eigenvalue weighted by molar-refractivity contribution is -0.119. The molecule has 2 aromatic rings. The highest BCUT2D eigenvalue weighted by Gasteiger charge is 2.06. The van der Waals surface area contributed by atoms with E-state index in [-0.39, 0.29) is 11.8 Å². The molecule has 1 aromatic carbocycles. The van der Waals surface area contributed by atoms with Crippen LogP contribution in [0.25, 0.3) is 11.3 Å². The fourth-order valence-electron chi connectivity index (χ4n) is 1.78. The smallest absolute Gasteiger partial charge is 0.249 e. The molecule has 22 heavy (non-hydrogen) atoms. The molecule has 0 saturated heterocycles. The van der Waals surface area contributed by atoms with Gasteiger partial charge in [0.15, 0.2) is 5.13 Å². The second-order valence-corrected chi connectivity index (χ2v) is 5.49. The third-order valence-electron chi connectivity index (χ3n) is 2.84. The van der Waals surface area contributed by atoms with Gasteiger partial charge in [-0.3, -0.25) is 14.9 Å². The molecule has 6 heteroatoms. The van der Waals surface area contributed by atoms with Crippen molar-refractivity contribution in [3.05, 3.63) is 47.4 Å². The van der Waals surface area contributed by atoms with E-state index in [1.807, 2.05) is 29.6 Å². The zero-order chi connectivity index (χ0) is 15.9. The molecule has 0 aliphatic carbocycles. The van der Waals surface area contributed by atoms with Crippen LogP contribution in [0.5, 0.6) is 0 Å². The summed E-state index contributed by atoms with van der Waals surface area (Å²) >= 11 is 1.38. The topological polar surface area (TPSA) is 71.1 Å². The van der Waals surface area contributed by atoms with Crippen molar-refractivity contribution in [1.29, 1.82) is 0 Å². The van der Waals surface area contributed by atoms with Crippen LogP contribution in [0.15, 0.2) is 41.8 Å². The van der Waals surface area contributed by atoms with Crippen LogP contribution in [0.3, 0.4) is 0 Å². The van der Waals surface area contributed by atoms with Gasteiger partial charge >= 0.3 is 0 Å². The number of nitrogens with zero attached hydrogens (tertiary/aromatic N) is 1. The second-order valence-electron chi connectivity index (χ2n) is 4.63. The van der Waals surface area contributed by atoms with Crippen molar-refractivity contribution in [3.8, 4) is 11.3 Å². The first-order valence-electron chi connectivity index (χ1n) is 6.81. The lowest BCUT2D eigenvalue weighted by atomic mass is 10.1. The number of benzene rings is 1. The van der Waals surface area contributed by atoms with Crippen molar-refractivity contribution >= 4 is 28.3 Å². The van der Waals surface area contributed by atoms with Gasteiger partial charge in [0.1, 0.15) is 0 Å². The van der Waals surface area contributed by atoms with E-state index in [0.717, 1.165) is 16.8 Å². The average molecular weight is 315 g/mol. The Morgan fingerprint density at radius 3 is 2.64 bits per heavy atom. The first kappa shape index (κ1) is 15.9. The van der Waals surface area contributed by atoms with Gasteiger partial charge in [0, 0.05) is 24.4 Å². The maximum atomic E-state index is 11.5. The Bertz CT molecular complexity index is 690. The van der Waals surface area contributed by atoms with Crippen LogP contribution >= 0.6 is 11.3 Å². The van der Waals surface area contributed by atoms with Crippen LogP contribution in [-0.2, 0) is 16.1 Å². The van der Waals surface area contributed by atoms with Gasteiger partial charge < -0.3 is 5.32 Å². The van der Waals surface area contributed by atoms with Gasteiger partial charge in [0.2, 0.25) is 11.8 Å². The quantitative estimate of drug-likeness (QED) is 0.833. The molecule has 2 rings (SSSR count). The molecule has 0 atom stereocenters. The van der Waals surface area contributed by atoms with E-state index in [1.165, 1.54) is 24.3 Å². The van der Waals surface area contributed by atoms with Gasteiger partial charge in [-0.2, -0.15) is 0 Å². The predicted molar refractivity (Wildman–Crippen MR) is 88.5 cm³/mol. The first-order chi connectivity index (χ1) is 10.6. The zero-order valence-electron chi connectivity index (χ0n) is 12.4. The summed E-state index contributed by atoms with van der Waals surface area (Å²) in [5.74, 6) is -0.237. The molecule has 0 aliphatic heterocycles. The Labute approximate surface area is 133 Å². The molecule has 0 radical (unpaired) electrons. The van der Waals surface area contributed by atoms with Gasteiger partial charge in [-0.1, -0.05) is 30.3 Å². The van der Waals surface area contributed by atoms with Gasteiger partial charge in [-0.05, 0) is 18.6 Å². The molecule has 1 aromatic heterocycles. The molecule has 0 aliphatic rings. The van der Waals surface area contributed by atoms with Crippen molar-refractivity contribution in [2.24, 2.45) is 0 Å². The lowest BCUT2D eigenvalue weighted by Gasteiger charge is -2.03. The number of anilines is 1. The highest BCUT2D eigenvalue weighted by molar-refractivity contribution is 7.14. The number of rotatable bonds is 5. The molecule has 114 valence electrons. The summed E-state index contributed by atoms with van der Waals surface area (Å²) in [4.78, 5) is 26.7. The van der Waals surface area contributed by atoms with Crippen LogP contribution in [0.2, 0.25) is 0 Å². The molecule has 5 nitrogen and oxygen atoms in total. The molecule has 2 N–H and O–H groups in total. The minimum Gasteiger partial charge on any atom is -0.352 e. The zero-order valence-corrected chi connectivity index (χ0v) is 13.2. The largest absolute Gasteiger partial charge is 0.352 e. The normalized spacial score (nSPS) is 10.6. The van der Waals surface area contributed by atoms with Crippen LogP contribution in [0, 0.1) is 0 Å². The molecule has 0 saturated carbocycles. The molecule has 2 amide bonds. The van der Waals surface area contributed by atoms with Crippen LogP contribution < -0.4 is 10.6 Å². The summed E-state index contributed by atoms with van der Waals surface area (Å²) in [6, 6.07) is 7.79. The first-order valence-corrected chi connectivity index (χ1v) is 7.69. The maximum Gasteiger partial charge on any atom is 0.249 e. The van der Waals surface area contributed by atoms with Crippen molar-refractivity contribution in [3.63, 3.8) is 0 Å². The number of nitrogens with one attached hydrogen (secondary N) is 2. The summed E-state index contributed by atoms with van der Waals surface area (Å²) in [6.07, 6.45) is 3.13. The summed E-state index contributed by atoms with van der Waals surface area (Å²) < 4.78 is 0. The van der Waals surface area contributed by atoms with Crippen molar-refractivity contribution in [2.45, 2.75) is 20.4 Å². The SMILES string of the molecule is C/C=C/C(=O)Nc1nc(-c2ccc(CNC(C)=O)cc2)cs1. The van der Waals surface area contributed by atoms with Gasteiger partial charge in [0.05, 0.1) is 5.69 Å². The molecule has 0 spiro atoms. The van der Waals surface area contributed by atoms with E-state index in [0.29, 0.717) is 11.7 Å². The number of carbonyl (C=O) groups excluding carboxylic acids is 2. The monoisotopic (exact) mass is 315 g/mol. The van der Waals surface area contributed by atoms with Crippen LogP contribution in [0.4, 0.5) is 5.13 Å². The number of carbonyl (C=O) groups is 2. The molecular weight excluding hydrogens is 298 g/mol. The number of hydrogen-bond acceptors (Lipinski definition) is 4. The van der Waals surface area contributed by atoms with E-state index in [9.17, 15) is 9.59 Å². The van der Waals surface area contributed by atoms with Gasteiger partial charge in [0.25, 0.3) is 0 Å². The Hall–Kier alpha value is -2.47. The lowest BCUT2D eigenvalue weighted by Crippen LogP contribution is -2.18. The second kappa shape index (κ2) is 7.51. The molecule has 0 bridgehead atoms. The summed E-state index contributed by atoms with van der Waals surface area (Å²) in [5, 5.41) is 7.93.